The Hall–Kier alpha value is -3.43. The number of aromatic nitrogens is 2. The quantitative estimate of drug-likeness (QED) is 0.289. The highest BCUT2D eigenvalue weighted by Gasteiger charge is 2.19. The molecule has 0 saturated carbocycles. The van der Waals surface area contributed by atoms with Crippen molar-refractivity contribution in [3.8, 4) is 22.4 Å². The summed E-state index contributed by atoms with van der Waals surface area (Å²) in [6.07, 6.45) is 8.43. The Kier molecular flexibility index (Phi) is 5.28. The smallest absolute Gasteiger partial charge is 0.0825 e. The van der Waals surface area contributed by atoms with Crippen molar-refractivity contribution in [2.45, 2.75) is 16.8 Å². The van der Waals surface area contributed by atoms with Crippen LogP contribution in [0.2, 0.25) is 0 Å². The molecular weight excluding hydrogens is 408 g/mol. The van der Waals surface area contributed by atoms with Gasteiger partial charge in [-0.05, 0) is 88.9 Å². The van der Waals surface area contributed by atoms with Crippen molar-refractivity contribution in [3.05, 3.63) is 109 Å². The third-order valence-corrected chi connectivity index (χ3v) is 8.66. The fourth-order valence-corrected chi connectivity index (χ4v) is 6.00. The van der Waals surface area contributed by atoms with E-state index in [-0.39, 0.29) is 0 Å². The van der Waals surface area contributed by atoms with Crippen LogP contribution in [0.4, 0.5) is 0 Å². The highest BCUT2D eigenvalue weighted by atomic mass is 32.3. The first-order valence-electron chi connectivity index (χ1n) is 10.7. The van der Waals surface area contributed by atoms with Gasteiger partial charge in [-0.15, -0.1) is 0 Å². The van der Waals surface area contributed by atoms with Gasteiger partial charge in [0.25, 0.3) is 0 Å². The molecule has 3 heteroatoms. The number of hydrogen-bond acceptors (Lipinski definition) is 2. The van der Waals surface area contributed by atoms with Gasteiger partial charge in [-0.1, -0.05) is 48.5 Å². The van der Waals surface area contributed by atoms with Crippen LogP contribution < -0.4 is 0 Å². The lowest BCUT2D eigenvalue weighted by atomic mass is 9.97. The number of rotatable bonds is 4. The fraction of sp³-hybridized carbons (Fsp3) is 0.103. The lowest BCUT2D eigenvalue weighted by Gasteiger charge is -2.31. The highest BCUT2D eigenvalue weighted by Crippen LogP contribution is 2.56. The van der Waals surface area contributed by atoms with Gasteiger partial charge in [0.15, 0.2) is 0 Å². The van der Waals surface area contributed by atoms with Crippen LogP contribution in [0.1, 0.15) is 5.56 Å². The summed E-state index contributed by atoms with van der Waals surface area (Å²) >= 11 is 0. The molecule has 32 heavy (non-hydrogen) atoms. The third-order valence-electron chi connectivity index (χ3n) is 5.94. The molecule has 0 fully saturated rings. The maximum absolute atomic E-state index is 4.80. The SMILES string of the molecule is Cc1cc(-c2ccccc2)cc(-c2nccc3cc(S(C)(C)c4ccccn4)ccc23)c1. The molecule has 158 valence electrons. The second kappa shape index (κ2) is 8.25. The van der Waals surface area contributed by atoms with E-state index in [1.807, 2.05) is 18.5 Å². The Morgan fingerprint density at radius 1 is 0.625 bits per heavy atom. The van der Waals surface area contributed by atoms with E-state index < -0.39 is 10.0 Å². The van der Waals surface area contributed by atoms with Crippen molar-refractivity contribution in [3.63, 3.8) is 0 Å². The second-order valence-electron chi connectivity index (χ2n) is 8.49. The van der Waals surface area contributed by atoms with Crippen molar-refractivity contribution in [1.82, 2.24) is 9.97 Å². The highest BCUT2D eigenvalue weighted by molar-refractivity contribution is 8.32. The number of pyridine rings is 2. The van der Waals surface area contributed by atoms with Gasteiger partial charge < -0.3 is 0 Å². The van der Waals surface area contributed by atoms with Gasteiger partial charge in [-0.2, -0.15) is 10.0 Å². The standard InChI is InChI=1S/C29H26N2S/c1-21-17-24(22-9-5-4-6-10-22)19-25(18-21)29-27-13-12-26(20-23(27)14-16-31-29)32(2,3)28-11-7-8-15-30-28/h4-20H,1-3H3. The van der Waals surface area contributed by atoms with E-state index in [4.69, 9.17) is 4.98 Å². The predicted molar refractivity (Wildman–Crippen MR) is 138 cm³/mol. The van der Waals surface area contributed by atoms with Crippen LogP contribution in [-0.4, -0.2) is 22.5 Å². The number of nitrogens with zero attached hydrogens (tertiary/aromatic N) is 2. The Morgan fingerprint density at radius 3 is 2.19 bits per heavy atom. The van der Waals surface area contributed by atoms with E-state index >= 15 is 0 Å². The van der Waals surface area contributed by atoms with Gasteiger partial charge in [0.05, 0.1) is 10.7 Å². The molecule has 0 N–H and O–H groups in total. The summed E-state index contributed by atoms with van der Waals surface area (Å²) in [6, 6.07) is 32.4. The molecule has 2 heterocycles. The molecular formula is C29H26N2S. The minimum atomic E-state index is -1.19. The summed E-state index contributed by atoms with van der Waals surface area (Å²) in [5.41, 5.74) is 5.86. The Morgan fingerprint density at radius 2 is 1.41 bits per heavy atom. The van der Waals surface area contributed by atoms with Crippen molar-refractivity contribution < 1.29 is 0 Å². The monoisotopic (exact) mass is 434 g/mol. The normalized spacial score (nSPS) is 12.1. The zero-order valence-electron chi connectivity index (χ0n) is 18.6. The van der Waals surface area contributed by atoms with Gasteiger partial charge in [0.2, 0.25) is 0 Å². The minimum absolute atomic E-state index is 1.03. The summed E-state index contributed by atoms with van der Waals surface area (Å²) in [5.74, 6) is 0. The first-order chi connectivity index (χ1) is 15.5. The molecule has 3 aromatic carbocycles. The second-order valence-corrected chi connectivity index (χ2v) is 12.0. The number of benzene rings is 3. The van der Waals surface area contributed by atoms with Crippen LogP contribution in [0.15, 0.2) is 113 Å². The van der Waals surface area contributed by atoms with E-state index in [1.165, 1.54) is 32.4 Å². The molecule has 0 aliphatic rings. The van der Waals surface area contributed by atoms with Gasteiger partial charge in [0.1, 0.15) is 0 Å². The van der Waals surface area contributed by atoms with Crippen LogP contribution in [0.5, 0.6) is 0 Å². The van der Waals surface area contributed by atoms with Crippen molar-refractivity contribution in [2.24, 2.45) is 0 Å². The van der Waals surface area contributed by atoms with Gasteiger partial charge >= 0.3 is 0 Å². The van der Waals surface area contributed by atoms with Crippen LogP contribution >= 0.6 is 10.0 Å². The largest absolute Gasteiger partial charge is 0.256 e. The summed E-state index contributed by atoms with van der Waals surface area (Å²) in [5, 5.41) is 3.55. The van der Waals surface area contributed by atoms with Crippen LogP contribution in [-0.2, 0) is 0 Å². The van der Waals surface area contributed by atoms with Gasteiger partial charge in [-0.3, -0.25) is 9.97 Å². The summed E-state index contributed by atoms with van der Waals surface area (Å²) in [4.78, 5) is 10.8. The third kappa shape index (κ3) is 3.80. The molecule has 5 aromatic rings. The van der Waals surface area contributed by atoms with Crippen molar-refractivity contribution in [1.29, 1.82) is 0 Å². The molecule has 0 spiro atoms. The van der Waals surface area contributed by atoms with Crippen LogP contribution in [0.25, 0.3) is 33.2 Å². The molecule has 0 radical (unpaired) electrons. The Balaban J connectivity index is 1.62. The average molecular weight is 435 g/mol. The number of fused-ring (bicyclic) bond motifs is 1. The van der Waals surface area contributed by atoms with E-state index in [0.717, 1.165) is 16.3 Å². The topological polar surface area (TPSA) is 25.8 Å². The Labute approximate surface area is 191 Å². The molecule has 0 amide bonds. The van der Waals surface area contributed by atoms with Gasteiger partial charge in [0, 0.05) is 23.3 Å². The zero-order valence-corrected chi connectivity index (χ0v) is 19.4. The zero-order chi connectivity index (χ0) is 22.1. The molecule has 0 aliphatic heterocycles. The molecule has 0 saturated heterocycles. The van der Waals surface area contributed by atoms with Gasteiger partial charge in [-0.25, -0.2) is 0 Å². The average Bonchev–Trinajstić information content (AvgIpc) is 2.84. The summed E-state index contributed by atoms with van der Waals surface area (Å²) < 4.78 is 0. The number of aryl methyl sites for hydroxylation is 1. The summed E-state index contributed by atoms with van der Waals surface area (Å²) in [7, 11) is -1.19. The molecule has 0 atom stereocenters. The molecule has 2 aromatic heterocycles. The predicted octanol–water partition coefficient (Wildman–Crippen LogP) is 7.75. The van der Waals surface area contributed by atoms with E-state index in [0.29, 0.717) is 0 Å². The minimum Gasteiger partial charge on any atom is -0.256 e. The van der Waals surface area contributed by atoms with Crippen LogP contribution in [0, 0.1) is 6.92 Å². The van der Waals surface area contributed by atoms with Crippen LogP contribution in [0.3, 0.4) is 0 Å². The van der Waals surface area contributed by atoms with Crippen molar-refractivity contribution >= 4 is 20.8 Å². The molecule has 0 unspecified atom stereocenters. The van der Waals surface area contributed by atoms with Crippen molar-refractivity contribution in [2.75, 3.05) is 12.5 Å². The lowest BCUT2D eigenvalue weighted by molar-refractivity contribution is 1.11. The molecule has 0 bridgehead atoms. The first kappa shape index (κ1) is 20.5. The fourth-order valence-electron chi connectivity index (χ4n) is 4.19. The molecule has 5 rings (SSSR count). The van der Waals surface area contributed by atoms with E-state index in [9.17, 15) is 0 Å². The lowest BCUT2D eigenvalue weighted by Crippen LogP contribution is -2.00. The number of hydrogen-bond donors (Lipinski definition) is 0. The maximum atomic E-state index is 4.80. The summed E-state index contributed by atoms with van der Waals surface area (Å²) in [6.45, 7) is 2.15. The Bertz CT molecular complexity index is 1390. The van der Waals surface area contributed by atoms with E-state index in [1.54, 1.807) is 0 Å². The first-order valence-corrected chi connectivity index (χ1v) is 13.2. The maximum Gasteiger partial charge on any atom is 0.0825 e. The molecule has 0 aliphatic carbocycles. The molecule has 2 nitrogen and oxygen atoms in total. The van der Waals surface area contributed by atoms with E-state index in [2.05, 4.69) is 109 Å².